The van der Waals surface area contributed by atoms with Crippen molar-refractivity contribution >= 4 is 11.6 Å². The Labute approximate surface area is 91.8 Å². The van der Waals surface area contributed by atoms with Gasteiger partial charge >= 0.3 is 0 Å². The second-order valence-corrected chi connectivity index (χ2v) is 3.78. The molecule has 1 fully saturated rings. The predicted octanol–water partition coefficient (Wildman–Crippen LogP) is 1.51. The summed E-state index contributed by atoms with van der Waals surface area (Å²) in [5.41, 5.74) is -0.100. The third-order valence-electron chi connectivity index (χ3n) is 2.64. The zero-order valence-corrected chi connectivity index (χ0v) is 8.59. The zero-order chi connectivity index (χ0) is 11.5. The number of benzene rings is 1. The van der Waals surface area contributed by atoms with Crippen molar-refractivity contribution < 1.29 is 13.6 Å². The highest BCUT2D eigenvalue weighted by molar-refractivity contribution is 5.93. The van der Waals surface area contributed by atoms with Crippen molar-refractivity contribution in [2.45, 2.75) is 6.42 Å². The summed E-state index contributed by atoms with van der Waals surface area (Å²) in [6, 6.07) is 3.72. The SMILES string of the molecule is O=C(Nc1cccc(F)c1F)[C@H]1CCNC1. The summed E-state index contributed by atoms with van der Waals surface area (Å²) in [5, 5.41) is 5.44. The van der Waals surface area contributed by atoms with Crippen LogP contribution in [0.3, 0.4) is 0 Å². The average molecular weight is 226 g/mol. The number of carbonyl (C=O) groups excluding carboxylic acids is 1. The van der Waals surface area contributed by atoms with Gasteiger partial charge in [-0.2, -0.15) is 0 Å². The summed E-state index contributed by atoms with van der Waals surface area (Å²) < 4.78 is 26.1. The number of halogens is 2. The summed E-state index contributed by atoms with van der Waals surface area (Å²) >= 11 is 0. The smallest absolute Gasteiger partial charge is 0.228 e. The van der Waals surface area contributed by atoms with Crippen molar-refractivity contribution in [1.82, 2.24) is 5.32 Å². The van der Waals surface area contributed by atoms with E-state index in [9.17, 15) is 13.6 Å². The number of hydrogen-bond acceptors (Lipinski definition) is 2. The van der Waals surface area contributed by atoms with E-state index >= 15 is 0 Å². The number of rotatable bonds is 2. The predicted molar refractivity (Wildman–Crippen MR) is 56.0 cm³/mol. The van der Waals surface area contributed by atoms with Crippen LogP contribution in [0.5, 0.6) is 0 Å². The first-order valence-corrected chi connectivity index (χ1v) is 5.14. The molecule has 1 atom stereocenters. The molecule has 0 saturated carbocycles. The van der Waals surface area contributed by atoms with E-state index in [1.807, 2.05) is 0 Å². The standard InChI is InChI=1S/C11H12F2N2O/c12-8-2-1-3-9(10(8)13)15-11(16)7-4-5-14-6-7/h1-3,7,14H,4-6H2,(H,15,16)/t7-/m0/s1. The molecule has 1 aromatic carbocycles. The van der Waals surface area contributed by atoms with Crippen LogP contribution >= 0.6 is 0 Å². The fourth-order valence-corrected chi connectivity index (χ4v) is 1.71. The fraction of sp³-hybridized carbons (Fsp3) is 0.364. The van der Waals surface area contributed by atoms with Crippen molar-refractivity contribution in [1.29, 1.82) is 0 Å². The van der Waals surface area contributed by atoms with Gasteiger partial charge in [0.2, 0.25) is 5.91 Å². The maximum atomic E-state index is 13.2. The Balaban J connectivity index is 2.08. The van der Waals surface area contributed by atoms with Crippen LogP contribution in [0.2, 0.25) is 0 Å². The van der Waals surface area contributed by atoms with Gasteiger partial charge in [0, 0.05) is 6.54 Å². The molecule has 1 amide bonds. The van der Waals surface area contributed by atoms with Crippen LogP contribution in [0.25, 0.3) is 0 Å². The molecular formula is C11H12F2N2O. The lowest BCUT2D eigenvalue weighted by atomic mass is 10.1. The highest BCUT2D eigenvalue weighted by Crippen LogP contribution is 2.18. The summed E-state index contributed by atoms with van der Waals surface area (Å²) in [6.45, 7) is 1.37. The third-order valence-corrected chi connectivity index (χ3v) is 2.64. The summed E-state index contributed by atoms with van der Waals surface area (Å²) in [6.07, 6.45) is 0.725. The molecule has 0 radical (unpaired) electrons. The topological polar surface area (TPSA) is 41.1 Å². The third kappa shape index (κ3) is 2.19. The molecule has 2 rings (SSSR count). The van der Waals surface area contributed by atoms with E-state index in [2.05, 4.69) is 10.6 Å². The molecule has 0 unspecified atom stereocenters. The summed E-state index contributed by atoms with van der Waals surface area (Å²) in [5.74, 6) is -2.40. The van der Waals surface area contributed by atoms with E-state index in [0.717, 1.165) is 19.0 Å². The van der Waals surface area contributed by atoms with Crippen molar-refractivity contribution in [3.8, 4) is 0 Å². The molecule has 1 aliphatic rings. The molecule has 1 heterocycles. The first kappa shape index (κ1) is 11.0. The Morgan fingerprint density at radius 2 is 2.25 bits per heavy atom. The molecule has 3 nitrogen and oxygen atoms in total. The number of hydrogen-bond donors (Lipinski definition) is 2. The van der Waals surface area contributed by atoms with Crippen molar-refractivity contribution in [3.05, 3.63) is 29.8 Å². The van der Waals surface area contributed by atoms with Crippen LogP contribution < -0.4 is 10.6 Å². The van der Waals surface area contributed by atoms with E-state index in [4.69, 9.17) is 0 Å². The number of amides is 1. The zero-order valence-electron chi connectivity index (χ0n) is 8.59. The Morgan fingerprint density at radius 3 is 2.94 bits per heavy atom. The largest absolute Gasteiger partial charge is 0.323 e. The van der Waals surface area contributed by atoms with Gasteiger partial charge in [0.05, 0.1) is 11.6 Å². The van der Waals surface area contributed by atoms with E-state index in [0.29, 0.717) is 6.54 Å². The minimum Gasteiger partial charge on any atom is -0.323 e. The molecule has 2 N–H and O–H groups in total. The lowest BCUT2D eigenvalue weighted by Gasteiger charge is -2.10. The highest BCUT2D eigenvalue weighted by atomic mass is 19.2. The number of nitrogens with one attached hydrogen (secondary N) is 2. The number of carbonyl (C=O) groups is 1. The van der Waals surface area contributed by atoms with E-state index in [1.54, 1.807) is 0 Å². The molecule has 16 heavy (non-hydrogen) atoms. The lowest BCUT2D eigenvalue weighted by Crippen LogP contribution is -2.25. The molecular weight excluding hydrogens is 214 g/mol. The van der Waals surface area contributed by atoms with Crippen molar-refractivity contribution in [2.75, 3.05) is 18.4 Å². The van der Waals surface area contributed by atoms with Crippen LogP contribution in [0.15, 0.2) is 18.2 Å². The van der Waals surface area contributed by atoms with E-state index < -0.39 is 11.6 Å². The maximum Gasteiger partial charge on any atom is 0.228 e. The molecule has 0 aliphatic carbocycles. The first-order chi connectivity index (χ1) is 7.68. The van der Waals surface area contributed by atoms with Gasteiger partial charge < -0.3 is 10.6 Å². The molecule has 0 aromatic heterocycles. The Kier molecular flexibility index (Phi) is 3.14. The normalized spacial score (nSPS) is 19.8. The molecule has 1 saturated heterocycles. The van der Waals surface area contributed by atoms with Crippen LogP contribution in [-0.2, 0) is 4.79 Å². The lowest BCUT2D eigenvalue weighted by molar-refractivity contribution is -0.119. The minimum absolute atomic E-state index is 0.100. The maximum absolute atomic E-state index is 13.2. The van der Waals surface area contributed by atoms with Crippen molar-refractivity contribution in [2.24, 2.45) is 5.92 Å². The Morgan fingerprint density at radius 1 is 1.44 bits per heavy atom. The molecule has 1 aliphatic heterocycles. The second kappa shape index (κ2) is 4.57. The molecule has 5 heteroatoms. The van der Waals surface area contributed by atoms with Crippen LogP contribution in [0.4, 0.5) is 14.5 Å². The molecule has 0 spiro atoms. The van der Waals surface area contributed by atoms with Gasteiger partial charge in [0.15, 0.2) is 11.6 Å². The van der Waals surface area contributed by atoms with Crippen LogP contribution in [-0.4, -0.2) is 19.0 Å². The Hall–Kier alpha value is -1.49. The summed E-state index contributed by atoms with van der Waals surface area (Å²) in [7, 11) is 0. The van der Waals surface area contributed by atoms with Gasteiger partial charge in [-0.1, -0.05) is 6.07 Å². The number of anilines is 1. The average Bonchev–Trinajstić information content (AvgIpc) is 2.78. The van der Waals surface area contributed by atoms with Gasteiger partial charge in [-0.3, -0.25) is 4.79 Å². The van der Waals surface area contributed by atoms with Gasteiger partial charge in [-0.15, -0.1) is 0 Å². The van der Waals surface area contributed by atoms with Gasteiger partial charge in [-0.25, -0.2) is 8.78 Å². The first-order valence-electron chi connectivity index (χ1n) is 5.14. The quantitative estimate of drug-likeness (QED) is 0.802. The molecule has 86 valence electrons. The van der Waals surface area contributed by atoms with Crippen LogP contribution in [0, 0.1) is 17.6 Å². The highest BCUT2D eigenvalue weighted by Gasteiger charge is 2.23. The monoisotopic (exact) mass is 226 g/mol. The van der Waals surface area contributed by atoms with Gasteiger partial charge in [0.1, 0.15) is 0 Å². The summed E-state index contributed by atoms with van der Waals surface area (Å²) in [4.78, 5) is 11.6. The van der Waals surface area contributed by atoms with Crippen LogP contribution in [0.1, 0.15) is 6.42 Å². The fourth-order valence-electron chi connectivity index (χ4n) is 1.71. The van der Waals surface area contributed by atoms with E-state index in [-0.39, 0.29) is 17.5 Å². The van der Waals surface area contributed by atoms with Gasteiger partial charge in [0.25, 0.3) is 0 Å². The van der Waals surface area contributed by atoms with Crippen molar-refractivity contribution in [3.63, 3.8) is 0 Å². The molecule has 0 bridgehead atoms. The van der Waals surface area contributed by atoms with E-state index in [1.165, 1.54) is 12.1 Å². The molecule has 1 aromatic rings. The van der Waals surface area contributed by atoms with Gasteiger partial charge in [-0.05, 0) is 25.1 Å². The second-order valence-electron chi connectivity index (χ2n) is 3.78. The minimum atomic E-state index is -1.01. The Bertz CT molecular complexity index is 403.